The zero-order valence-electron chi connectivity index (χ0n) is 25.0. The first kappa shape index (κ1) is 39.0. The highest BCUT2D eigenvalue weighted by atomic mass is 31.2. The van der Waals surface area contributed by atoms with Crippen molar-refractivity contribution < 1.29 is 43.0 Å². The fourth-order valence-corrected chi connectivity index (χ4v) is 4.01. The maximum Gasteiger partial charge on any atom is 0.469 e. The molecule has 0 aromatic carbocycles. The Morgan fingerprint density at radius 3 is 2.10 bits per heavy atom. The molecule has 9 nitrogen and oxygen atoms in total. The number of esters is 2. The Morgan fingerprint density at radius 1 is 0.756 bits per heavy atom. The van der Waals surface area contributed by atoms with Crippen molar-refractivity contribution in [2.45, 2.75) is 122 Å². The van der Waals surface area contributed by atoms with Crippen LogP contribution in [0.3, 0.4) is 0 Å². The molecule has 0 aromatic rings. The monoisotopic (exact) mass is 600 g/mol. The van der Waals surface area contributed by atoms with Gasteiger partial charge in [-0.2, -0.15) is 0 Å². The molecule has 3 N–H and O–H groups in total. The minimum atomic E-state index is -4.76. The summed E-state index contributed by atoms with van der Waals surface area (Å²) in [4.78, 5) is 42.0. The maximum atomic E-state index is 12.2. The number of carbonyl (C=O) groups excluding carboxylic acids is 2. The van der Waals surface area contributed by atoms with Gasteiger partial charge in [0.15, 0.2) is 6.10 Å². The Morgan fingerprint density at radius 2 is 1.39 bits per heavy atom. The van der Waals surface area contributed by atoms with E-state index in [0.717, 1.165) is 64.2 Å². The molecule has 236 valence electrons. The van der Waals surface area contributed by atoms with Gasteiger partial charge in [-0.25, -0.2) is 4.57 Å². The van der Waals surface area contributed by atoms with Crippen LogP contribution in [0.4, 0.5) is 0 Å². The third-order valence-corrected chi connectivity index (χ3v) is 6.44. The summed E-state index contributed by atoms with van der Waals surface area (Å²) in [6.45, 7) is 3.36. The molecule has 0 saturated carbocycles. The van der Waals surface area contributed by atoms with Crippen molar-refractivity contribution in [3.8, 4) is 0 Å². The van der Waals surface area contributed by atoms with Gasteiger partial charge < -0.3 is 24.4 Å². The van der Waals surface area contributed by atoms with Crippen LogP contribution in [0.1, 0.15) is 110 Å². The molecule has 0 amide bonds. The van der Waals surface area contributed by atoms with Gasteiger partial charge in [0.2, 0.25) is 0 Å². The molecule has 10 heteroatoms. The molecule has 0 radical (unpaired) electrons. The smallest absolute Gasteiger partial charge is 0.462 e. The van der Waals surface area contributed by atoms with Gasteiger partial charge in [0.1, 0.15) is 6.61 Å². The first-order valence-electron chi connectivity index (χ1n) is 15.0. The molecule has 41 heavy (non-hydrogen) atoms. The first-order valence-corrected chi connectivity index (χ1v) is 16.6. The third kappa shape index (κ3) is 29.3. The molecule has 0 rings (SSSR count). The zero-order chi connectivity index (χ0) is 30.6. The molecule has 0 heterocycles. The first-order chi connectivity index (χ1) is 19.7. The quantitative estimate of drug-likeness (QED) is 0.0314. The van der Waals surface area contributed by atoms with Gasteiger partial charge in [0.25, 0.3) is 0 Å². The lowest BCUT2D eigenvalue weighted by Gasteiger charge is -2.18. The number of phosphoric acid groups is 1. The predicted octanol–water partition coefficient (Wildman–Crippen LogP) is 7.03. The van der Waals surface area contributed by atoms with Gasteiger partial charge in [0, 0.05) is 12.8 Å². The van der Waals surface area contributed by atoms with E-state index in [0.29, 0.717) is 19.3 Å². The Balaban J connectivity index is 4.20. The standard InChI is InChI=1S/C31H53O9P/c1-3-5-7-15-20-24-30(33)38-26-29(27-39-41(35,36)37)40-31(34)25-21-17-14-12-10-8-9-11-13-16-19-23-28(32)22-18-6-4-2/h8-9,12-14,16,19,23,28-29,32H,3-7,10-11,15,17-18,20-22,24-27H2,1-2H3,(H2,35,36,37)/b9-8-,14-12-,16-13-,23-19+/t28-,29+/m0/s1. The molecule has 0 aliphatic rings. The fourth-order valence-electron chi connectivity index (χ4n) is 3.65. The molecular weight excluding hydrogens is 547 g/mol. The van der Waals surface area contributed by atoms with Crippen LogP contribution in [-0.2, 0) is 28.2 Å². The lowest BCUT2D eigenvalue weighted by Crippen LogP contribution is -2.29. The molecule has 0 spiro atoms. The minimum Gasteiger partial charge on any atom is -0.462 e. The number of phosphoric ester groups is 1. The molecule has 0 bridgehead atoms. The summed E-state index contributed by atoms with van der Waals surface area (Å²) < 4.78 is 25.9. The highest BCUT2D eigenvalue weighted by molar-refractivity contribution is 7.46. The fraction of sp³-hybridized carbons (Fsp3) is 0.677. The zero-order valence-corrected chi connectivity index (χ0v) is 25.9. The SMILES string of the molecule is CCCCCCCC(=O)OC[C@H](COP(=O)(O)O)OC(=O)CCC/C=C\C/C=C\C/C=C\C=C\[C@@H](O)CCCCC. The van der Waals surface area contributed by atoms with Crippen LogP contribution in [0.5, 0.6) is 0 Å². The maximum absolute atomic E-state index is 12.2. The predicted molar refractivity (Wildman–Crippen MR) is 162 cm³/mol. The van der Waals surface area contributed by atoms with Gasteiger partial charge in [0.05, 0.1) is 12.7 Å². The minimum absolute atomic E-state index is 0.115. The van der Waals surface area contributed by atoms with Gasteiger partial charge >= 0.3 is 19.8 Å². The molecule has 0 aromatic heterocycles. The number of unbranched alkanes of at least 4 members (excludes halogenated alkanes) is 7. The molecule has 2 atom stereocenters. The van der Waals surface area contributed by atoms with Crippen LogP contribution in [0, 0.1) is 0 Å². The van der Waals surface area contributed by atoms with Gasteiger partial charge in [-0.3, -0.25) is 14.1 Å². The van der Waals surface area contributed by atoms with Crippen LogP contribution in [0.25, 0.3) is 0 Å². The van der Waals surface area contributed by atoms with Crippen LogP contribution in [0.2, 0.25) is 0 Å². The van der Waals surface area contributed by atoms with E-state index in [1.807, 2.05) is 36.5 Å². The molecular formula is C31H53O9P. The molecule has 0 unspecified atom stereocenters. The van der Waals surface area contributed by atoms with Crippen LogP contribution in [-0.4, -0.2) is 52.3 Å². The van der Waals surface area contributed by atoms with E-state index in [9.17, 15) is 19.3 Å². The average Bonchev–Trinajstić information content (AvgIpc) is 2.92. The van der Waals surface area contributed by atoms with Crippen molar-refractivity contribution in [3.63, 3.8) is 0 Å². The van der Waals surface area contributed by atoms with E-state index in [2.05, 4.69) is 30.5 Å². The highest BCUT2D eigenvalue weighted by Crippen LogP contribution is 2.35. The Bertz CT molecular complexity index is 829. The van der Waals surface area contributed by atoms with Crippen molar-refractivity contribution >= 4 is 19.8 Å². The largest absolute Gasteiger partial charge is 0.469 e. The van der Waals surface area contributed by atoms with E-state index in [1.54, 1.807) is 0 Å². The number of carbonyl (C=O) groups is 2. The Hall–Kier alpha value is -2.03. The number of hydrogen-bond acceptors (Lipinski definition) is 7. The van der Waals surface area contributed by atoms with E-state index in [4.69, 9.17) is 19.3 Å². The van der Waals surface area contributed by atoms with E-state index in [-0.39, 0.29) is 25.6 Å². The van der Waals surface area contributed by atoms with Crippen LogP contribution >= 0.6 is 7.82 Å². The molecule has 0 saturated heterocycles. The van der Waals surface area contributed by atoms with Crippen LogP contribution < -0.4 is 0 Å². The second kappa shape index (κ2) is 26.8. The summed E-state index contributed by atoms with van der Waals surface area (Å²) in [7, 11) is -4.76. The number of ether oxygens (including phenoxy) is 2. The van der Waals surface area contributed by atoms with Gasteiger partial charge in [-0.05, 0) is 38.5 Å². The van der Waals surface area contributed by atoms with Crippen molar-refractivity contribution in [2.75, 3.05) is 13.2 Å². The summed E-state index contributed by atoms with van der Waals surface area (Å²) in [6, 6.07) is 0. The van der Waals surface area contributed by atoms with Crippen molar-refractivity contribution in [1.82, 2.24) is 0 Å². The lowest BCUT2D eigenvalue weighted by molar-refractivity contribution is -0.161. The van der Waals surface area contributed by atoms with Gasteiger partial charge in [-0.15, -0.1) is 0 Å². The second-order valence-electron chi connectivity index (χ2n) is 9.93. The average molecular weight is 601 g/mol. The summed E-state index contributed by atoms with van der Waals surface area (Å²) >= 11 is 0. The Labute approximate surface area is 247 Å². The van der Waals surface area contributed by atoms with Crippen molar-refractivity contribution in [2.24, 2.45) is 0 Å². The van der Waals surface area contributed by atoms with Gasteiger partial charge in [-0.1, -0.05) is 107 Å². The highest BCUT2D eigenvalue weighted by Gasteiger charge is 2.22. The van der Waals surface area contributed by atoms with Crippen LogP contribution in [0.15, 0.2) is 48.6 Å². The lowest BCUT2D eigenvalue weighted by atomic mass is 10.1. The summed E-state index contributed by atoms with van der Waals surface area (Å²) in [6.07, 6.45) is 26.5. The Kier molecular flexibility index (Phi) is 25.5. The third-order valence-electron chi connectivity index (χ3n) is 5.95. The van der Waals surface area contributed by atoms with E-state index < -0.39 is 32.5 Å². The number of hydrogen-bond donors (Lipinski definition) is 3. The van der Waals surface area contributed by atoms with E-state index in [1.165, 1.54) is 0 Å². The number of rotatable bonds is 26. The molecule has 0 aliphatic heterocycles. The second-order valence-corrected chi connectivity index (χ2v) is 11.2. The van der Waals surface area contributed by atoms with E-state index >= 15 is 0 Å². The number of allylic oxidation sites excluding steroid dienone is 7. The summed E-state index contributed by atoms with van der Waals surface area (Å²) in [5, 5.41) is 9.82. The number of aliphatic hydroxyl groups excluding tert-OH is 1. The van der Waals surface area contributed by atoms with Crippen molar-refractivity contribution in [3.05, 3.63) is 48.6 Å². The topological polar surface area (TPSA) is 140 Å². The molecule has 0 aliphatic carbocycles. The summed E-state index contributed by atoms with van der Waals surface area (Å²) in [5.74, 6) is -0.999. The molecule has 0 fully saturated rings. The summed E-state index contributed by atoms with van der Waals surface area (Å²) in [5.41, 5.74) is 0. The number of aliphatic hydroxyl groups is 1. The van der Waals surface area contributed by atoms with Crippen molar-refractivity contribution in [1.29, 1.82) is 0 Å². The normalized spacial score (nSPS) is 14.0.